The van der Waals surface area contributed by atoms with Crippen molar-refractivity contribution in [1.29, 1.82) is 0 Å². The van der Waals surface area contributed by atoms with Crippen LogP contribution in [-0.4, -0.2) is 20.7 Å². The highest BCUT2D eigenvalue weighted by Gasteiger charge is 2.51. The van der Waals surface area contributed by atoms with E-state index in [9.17, 15) is 0 Å². The van der Waals surface area contributed by atoms with Crippen LogP contribution in [-0.2, 0) is 0 Å². The first-order valence-corrected chi connectivity index (χ1v) is 36.9. The molecule has 1 aromatic heterocycles. The lowest BCUT2D eigenvalue weighted by Crippen LogP contribution is -2.77. The van der Waals surface area contributed by atoms with E-state index in [1.165, 1.54) is 120 Å². The molecule has 0 N–H and O–H groups in total. The molecule has 446 valence electrons. The number of anilines is 6. The summed E-state index contributed by atoms with van der Waals surface area (Å²) in [5, 5.41) is 13.1. The van der Waals surface area contributed by atoms with Crippen LogP contribution in [0.15, 0.2) is 382 Å². The van der Waals surface area contributed by atoms with E-state index in [0.29, 0.717) is 0 Å². The van der Waals surface area contributed by atoms with Crippen molar-refractivity contribution in [3.63, 3.8) is 0 Å². The van der Waals surface area contributed by atoms with Gasteiger partial charge in [0.2, 0.25) is 0 Å². The van der Waals surface area contributed by atoms with Crippen LogP contribution >= 0.6 is 0 Å². The largest absolute Gasteiger partial charge is 0.311 e. The van der Waals surface area contributed by atoms with E-state index < -0.39 is 16.1 Å². The van der Waals surface area contributed by atoms with Gasteiger partial charge in [-0.3, -0.25) is 0 Å². The molecule has 3 nitrogen and oxygen atoms in total. The molecule has 2 aliphatic rings. The Morgan fingerprint density at radius 3 is 0.684 bits per heavy atom. The quantitative estimate of drug-likeness (QED) is 0.120. The van der Waals surface area contributed by atoms with Crippen LogP contribution in [0.2, 0.25) is 0 Å². The topological polar surface area (TPSA) is 11.4 Å². The first-order chi connectivity index (χ1) is 47.1. The first kappa shape index (κ1) is 55.9. The molecule has 95 heavy (non-hydrogen) atoms. The third-order valence-electron chi connectivity index (χ3n) is 20.1. The maximum absolute atomic E-state index is 3.15. The standard InChI is InChI=1S/C90H63N3Si2/c1-10-28-64(29-11-1)68-46-52-83-87(58-68)94(75-38-20-6-21-39-75,76-40-22-7-23-41-76)88-59-69(65-30-12-2-13-31-65)47-53-84(88)92(83)73-50-56-81-79(62-73)80-63-74(51-57-82(80)91(81)72-36-18-5-19-37-72)93-85-54-48-70(66-32-14-3-15-33-66)60-89(85)95(77-42-24-8-25-43-77,78-44-26-9-27-45-78)90-61-71(49-55-86(90)93)67-34-16-4-17-35-67/h1-63H. The molecule has 0 atom stereocenters. The molecule has 0 spiro atoms. The molecule has 0 unspecified atom stereocenters. The number of hydrogen-bond donors (Lipinski definition) is 0. The predicted molar refractivity (Wildman–Crippen MR) is 406 cm³/mol. The summed E-state index contributed by atoms with van der Waals surface area (Å²) >= 11 is 0. The summed E-state index contributed by atoms with van der Waals surface area (Å²) in [6.07, 6.45) is 0. The van der Waals surface area contributed by atoms with E-state index in [1.54, 1.807) is 0 Å². The van der Waals surface area contributed by atoms with Crippen LogP contribution in [0.25, 0.3) is 72.0 Å². The summed E-state index contributed by atoms with van der Waals surface area (Å²) < 4.78 is 2.47. The van der Waals surface area contributed by atoms with E-state index in [0.717, 1.165) is 28.1 Å². The fourth-order valence-electron chi connectivity index (χ4n) is 15.9. The summed E-state index contributed by atoms with van der Waals surface area (Å²) in [6.45, 7) is 0. The molecule has 5 heteroatoms. The van der Waals surface area contributed by atoms with Crippen LogP contribution in [0, 0.1) is 0 Å². The molecular weight excluding hydrogens is 1180 g/mol. The summed E-state index contributed by atoms with van der Waals surface area (Å²) in [7, 11) is -6.30. The van der Waals surface area contributed by atoms with Crippen LogP contribution in [0.5, 0.6) is 0 Å². The van der Waals surface area contributed by atoms with Gasteiger partial charge in [-0.05, 0) is 159 Å². The second-order valence-electron chi connectivity index (χ2n) is 25.1. The van der Waals surface area contributed by atoms with Crippen molar-refractivity contribution in [2.24, 2.45) is 0 Å². The normalized spacial score (nSPS) is 13.4. The number of rotatable bonds is 11. The highest BCUT2D eigenvalue weighted by Crippen LogP contribution is 2.47. The van der Waals surface area contributed by atoms with Crippen molar-refractivity contribution >= 4 is 114 Å². The lowest BCUT2D eigenvalue weighted by atomic mass is 10.0. The van der Waals surface area contributed by atoms with Gasteiger partial charge in [-0.25, -0.2) is 0 Å². The third-order valence-corrected chi connectivity index (χ3v) is 29.7. The number of fused-ring (bicyclic) bond motifs is 7. The molecule has 15 aromatic carbocycles. The van der Waals surface area contributed by atoms with Gasteiger partial charge in [0.15, 0.2) is 16.1 Å². The summed E-state index contributed by atoms with van der Waals surface area (Å²) in [5.74, 6) is 0. The zero-order chi connectivity index (χ0) is 62.9. The molecular formula is C90H63N3Si2. The lowest BCUT2D eigenvalue weighted by molar-refractivity contribution is 1.18. The fourth-order valence-corrected chi connectivity index (χ4v) is 26.2. The Labute approximate surface area is 556 Å². The van der Waals surface area contributed by atoms with Gasteiger partial charge in [-0.1, -0.05) is 309 Å². The smallest absolute Gasteiger partial charge is 0.184 e. The van der Waals surface area contributed by atoms with E-state index in [2.05, 4.69) is 397 Å². The molecule has 16 aromatic rings. The van der Waals surface area contributed by atoms with Gasteiger partial charge < -0.3 is 14.4 Å². The summed E-state index contributed by atoms with van der Waals surface area (Å²) in [6, 6.07) is 144. The number of aromatic nitrogens is 1. The summed E-state index contributed by atoms with van der Waals surface area (Å²) in [5.41, 5.74) is 19.9. The first-order valence-electron chi connectivity index (χ1n) is 32.9. The molecule has 0 aliphatic carbocycles. The average Bonchev–Trinajstić information content (AvgIpc) is 1.04. The van der Waals surface area contributed by atoms with Crippen molar-refractivity contribution in [3.8, 4) is 50.2 Å². The van der Waals surface area contributed by atoms with Crippen molar-refractivity contribution in [3.05, 3.63) is 382 Å². The molecule has 0 saturated carbocycles. The van der Waals surface area contributed by atoms with Crippen LogP contribution in [0.1, 0.15) is 0 Å². The Kier molecular flexibility index (Phi) is 13.6. The zero-order valence-corrected chi connectivity index (χ0v) is 54.2. The Bertz CT molecular complexity index is 4930. The van der Waals surface area contributed by atoms with Gasteiger partial charge in [-0.15, -0.1) is 0 Å². The molecule has 0 amide bonds. The van der Waals surface area contributed by atoms with Crippen molar-refractivity contribution < 1.29 is 0 Å². The van der Waals surface area contributed by atoms with Crippen LogP contribution < -0.4 is 51.3 Å². The van der Waals surface area contributed by atoms with Crippen LogP contribution in [0.3, 0.4) is 0 Å². The Hall–Kier alpha value is -11.9. The van der Waals surface area contributed by atoms with Gasteiger partial charge >= 0.3 is 0 Å². The molecule has 2 aliphatic heterocycles. The predicted octanol–water partition coefficient (Wildman–Crippen LogP) is 17.8. The minimum Gasteiger partial charge on any atom is -0.311 e. The minimum atomic E-state index is -3.15. The van der Waals surface area contributed by atoms with Gasteiger partial charge in [0.25, 0.3) is 0 Å². The Morgan fingerprint density at radius 2 is 0.421 bits per heavy atom. The number of benzene rings is 15. The van der Waals surface area contributed by atoms with Gasteiger partial charge in [0, 0.05) is 50.6 Å². The van der Waals surface area contributed by atoms with Gasteiger partial charge in [0.1, 0.15) is 0 Å². The third kappa shape index (κ3) is 9.00. The van der Waals surface area contributed by atoms with Crippen LogP contribution in [0.4, 0.5) is 34.1 Å². The molecule has 0 bridgehead atoms. The minimum absolute atomic E-state index is 1.10. The molecule has 3 heterocycles. The lowest BCUT2D eigenvalue weighted by Gasteiger charge is -2.45. The van der Waals surface area contributed by atoms with Gasteiger partial charge in [0.05, 0.1) is 11.0 Å². The molecule has 0 fully saturated rings. The second kappa shape index (κ2) is 23.1. The zero-order valence-electron chi connectivity index (χ0n) is 52.2. The molecule has 0 saturated heterocycles. The summed E-state index contributed by atoms with van der Waals surface area (Å²) in [4.78, 5) is 5.17. The average molecular weight is 1240 g/mol. The van der Waals surface area contributed by atoms with Gasteiger partial charge in [-0.2, -0.15) is 0 Å². The van der Waals surface area contributed by atoms with E-state index >= 15 is 0 Å². The van der Waals surface area contributed by atoms with E-state index in [4.69, 9.17) is 0 Å². The molecule has 0 radical (unpaired) electrons. The number of hydrogen-bond acceptors (Lipinski definition) is 2. The number of nitrogens with zero attached hydrogens (tertiary/aromatic N) is 3. The highest BCUT2D eigenvalue weighted by atomic mass is 28.3. The fraction of sp³-hybridized carbons (Fsp3) is 0. The highest BCUT2D eigenvalue weighted by molar-refractivity contribution is 7.22. The maximum atomic E-state index is 2.59. The second-order valence-corrected chi connectivity index (χ2v) is 32.6. The Balaban J connectivity index is 0.913. The van der Waals surface area contributed by atoms with E-state index in [1.807, 2.05) is 0 Å². The number of para-hydroxylation sites is 1. The maximum Gasteiger partial charge on any atom is 0.184 e. The monoisotopic (exact) mass is 1240 g/mol. The SMILES string of the molecule is c1ccc(-c2ccc3c(c2)[Si](c2ccccc2)(c2ccccc2)c2cc(-c4ccccc4)ccc2N3c2ccc3c(c2)c2cc(N4c5ccc(-c6ccccc6)cc5[Si](c5ccccc5)(c5ccccc5)c5cc(-c6ccccc6)ccc54)ccc2n3-c2ccccc2)cc1. The van der Waals surface area contributed by atoms with Crippen molar-refractivity contribution in [1.82, 2.24) is 4.57 Å². The van der Waals surface area contributed by atoms with Crippen molar-refractivity contribution in [2.45, 2.75) is 0 Å². The van der Waals surface area contributed by atoms with E-state index in [-0.39, 0.29) is 0 Å². The van der Waals surface area contributed by atoms with Crippen molar-refractivity contribution in [2.75, 3.05) is 9.80 Å². The molecule has 18 rings (SSSR count). The Morgan fingerprint density at radius 1 is 0.179 bits per heavy atom.